The van der Waals surface area contributed by atoms with E-state index in [2.05, 4.69) is 0 Å². The minimum absolute atomic E-state index is 0. The van der Waals surface area contributed by atoms with E-state index >= 15 is 0 Å². The molecule has 76 valence electrons. The van der Waals surface area contributed by atoms with E-state index in [1.54, 1.807) is 18.2 Å². The second-order valence-electron chi connectivity index (χ2n) is 3.25. The first-order chi connectivity index (χ1) is 7.27. The minimum atomic E-state index is -0.896. The summed E-state index contributed by atoms with van der Waals surface area (Å²) in [7, 11) is 0. The molecule has 0 atom stereocenters. The number of benzene rings is 2. The van der Waals surface area contributed by atoms with E-state index in [0.29, 0.717) is 5.56 Å². The second-order valence-corrected chi connectivity index (χ2v) is 3.25. The molecule has 0 aromatic heterocycles. The van der Waals surface area contributed by atoms with E-state index < -0.39 is 5.97 Å². The van der Waals surface area contributed by atoms with Gasteiger partial charge in [0.2, 0.25) is 0 Å². The normalized spacial score (nSPS) is 9.25. The number of rotatable bonds is 2. The molecule has 3 heteroatoms. The van der Waals surface area contributed by atoms with Crippen molar-refractivity contribution in [3.05, 3.63) is 60.2 Å². The van der Waals surface area contributed by atoms with Crippen LogP contribution in [0.25, 0.3) is 11.1 Å². The number of carbonyl (C=O) groups is 1. The first-order valence-electron chi connectivity index (χ1n) is 4.66. The summed E-state index contributed by atoms with van der Waals surface area (Å²) in [5.74, 6) is -0.896. The summed E-state index contributed by atoms with van der Waals surface area (Å²) in [5, 5.41) is 8.86. The van der Waals surface area contributed by atoms with Gasteiger partial charge < -0.3 is 6.53 Å². The number of hydrogen-bond acceptors (Lipinski definition) is 1. The van der Waals surface area contributed by atoms with E-state index in [4.69, 9.17) is 5.11 Å². The van der Waals surface area contributed by atoms with Crippen molar-refractivity contribution in [1.29, 1.82) is 0 Å². The average molecular weight is 206 g/mol. The smallest absolute Gasteiger partial charge is 1.00 e. The maximum atomic E-state index is 10.8. The van der Waals surface area contributed by atoms with Crippen LogP contribution in [0.4, 0.5) is 0 Å². The molecule has 0 aliphatic carbocycles. The van der Waals surface area contributed by atoms with E-state index in [0.717, 1.165) is 11.1 Å². The number of hydrogen-bond donors (Lipinski definition) is 1. The molecular formula is C13H11LiO2. The van der Waals surface area contributed by atoms with Crippen LogP contribution in [0.1, 0.15) is 11.8 Å². The van der Waals surface area contributed by atoms with Crippen LogP contribution in [-0.2, 0) is 0 Å². The number of aromatic carboxylic acids is 1. The Labute approximate surface area is 108 Å². The van der Waals surface area contributed by atoms with Crippen molar-refractivity contribution in [2.45, 2.75) is 0 Å². The molecule has 0 saturated carbocycles. The zero-order valence-corrected chi connectivity index (χ0v) is 9.05. The summed E-state index contributed by atoms with van der Waals surface area (Å²) in [4.78, 5) is 10.8. The Morgan fingerprint density at radius 2 is 1.56 bits per heavy atom. The average Bonchev–Trinajstić information content (AvgIpc) is 2.30. The molecule has 16 heavy (non-hydrogen) atoms. The standard InChI is InChI=1S/C13H10O2.Li.H/c14-13(15)12-8-4-7-11(9-12)10-5-2-1-3-6-10;;/h1-9H,(H,14,15);;/q;+1;-1. The van der Waals surface area contributed by atoms with Gasteiger partial charge in [-0.05, 0) is 23.3 Å². The van der Waals surface area contributed by atoms with Crippen molar-refractivity contribution in [3.63, 3.8) is 0 Å². The fraction of sp³-hybridized carbons (Fsp3) is 0. The molecule has 2 aromatic rings. The largest absolute Gasteiger partial charge is 1.00 e. The summed E-state index contributed by atoms with van der Waals surface area (Å²) in [6, 6.07) is 16.7. The third kappa shape index (κ3) is 2.76. The van der Waals surface area contributed by atoms with Gasteiger partial charge in [0.05, 0.1) is 5.56 Å². The molecule has 0 fully saturated rings. The summed E-state index contributed by atoms with van der Waals surface area (Å²) < 4.78 is 0. The van der Waals surface area contributed by atoms with Gasteiger partial charge in [-0.1, -0.05) is 42.5 Å². The second kappa shape index (κ2) is 5.55. The van der Waals surface area contributed by atoms with Gasteiger partial charge in [0.1, 0.15) is 0 Å². The van der Waals surface area contributed by atoms with Crippen LogP contribution in [0.3, 0.4) is 0 Å². The fourth-order valence-corrected chi connectivity index (χ4v) is 1.46. The topological polar surface area (TPSA) is 37.3 Å². The van der Waals surface area contributed by atoms with E-state index in [-0.39, 0.29) is 20.3 Å². The van der Waals surface area contributed by atoms with Crippen LogP contribution in [-0.4, -0.2) is 11.1 Å². The molecule has 0 aliphatic rings. The molecular weight excluding hydrogens is 195 g/mol. The molecule has 0 saturated heterocycles. The zero-order valence-electron chi connectivity index (χ0n) is 10.1. The van der Waals surface area contributed by atoms with Crippen molar-refractivity contribution < 1.29 is 30.2 Å². The Hall–Kier alpha value is -1.49. The Morgan fingerprint density at radius 1 is 0.938 bits per heavy atom. The Balaban J connectivity index is 0.00000128. The van der Waals surface area contributed by atoms with Gasteiger partial charge in [-0.3, -0.25) is 0 Å². The molecule has 0 heterocycles. The third-order valence-corrected chi connectivity index (χ3v) is 2.22. The predicted octanol–water partition coefficient (Wildman–Crippen LogP) is 0.168. The van der Waals surface area contributed by atoms with Gasteiger partial charge in [0.25, 0.3) is 0 Å². The van der Waals surface area contributed by atoms with Gasteiger partial charge in [-0.2, -0.15) is 0 Å². The maximum absolute atomic E-state index is 10.8. The van der Waals surface area contributed by atoms with Gasteiger partial charge in [0, 0.05) is 0 Å². The third-order valence-electron chi connectivity index (χ3n) is 2.22. The van der Waals surface area contributed by atoms with Gasteiger partial charge in [0.15, 0.2) is 0 Å². The Kier molecular flexibility index (Phi) is 4.36. The van der Waals surface area contributed by atoms with Crippen molar-refractivity contribution >= 4 is 5.97 Å². The molecule has 0 unspecified atom stereocenters. The van der Waals surface area contributed by atoms with Gasteiger partial charge in [-0.25, -0.2) is 4.79 Å². The summed E-state index contributed by atoms with van der Waals surface area (Å²) in [6.07, 6.45) is 0. The molecule has 0 aliphatic heterocycles. The van der Waals surface area contributed by atoms with Crippen LogP contribution in [0.15, 0.2) is 54.6 Å². The molecule has 0 radical (unpaired) electrons. The summed E-state index contributed by atoms with van der Waals surface area (Å²) >= 11 is 0. The molecule has 2 aromatic carbocycles. The van der Waals surface area contributed by atoms with Crippen LogP contribution in [0.2, 0.25) is 0 Å². The zero-order chi connectivity index (χ0) is 10.7. The van der Waals surface area contributed by atoms with E-state index in [1.807, 2.05) is 36.4 Å². The molecule has 2 rings (SSSR count). The fourth-order valence-electron chi connectivity index (χ4n) is 1.46. The quantitative estimate of drug-likeness (QED) is 0.711. The minimum Gasteiger partial charge on any atom is -1.00 e. The van der Waals surface area contributed by atoms with Crippen molar-refractivity contribution in [2.24, 2.45) is 0 Å². The first-order valence-corrected chi connectivity index (χ1v) is 4.66. The SMILES string of the molecule is O=C(O)c1cccc(-c2ccccc2)c1.[H-].[Li+]. The van der Waals surface area contributed by atoms with Crippen LogP contribution in [0.5, 0.6) is 0 Å². The molecule has 0 amide bonds. The number of carboxylic acids is 1. The maximum Gasteiger partial charge on any atom is 1.00 e. The van der Waals surface area contributed by atoms with Crippen LogP contribution < -0.4 is 18.9 Å². The van der Waals surface area contributed by atoms with Crippen molar-refractivity contribution in [1.82, 2.24) is 0 Å². The molecule has 1 N–H and O–H groups in total. The van der Waals surface area contributed by atoms with Crippen molar-refractivity contribution in [2.75, 3.05) is 0 Å². The summed E-state index contributed by atoms with van der Waals surface area (Å²) in [5.41, 5.74) is 2.27. The number of carboxylic acid groups (broad SMARTS) is 1. The Morgan fingerprint density at radius 3 is 2.19 bits per heavy atom. The molecule has 2 nitrogen and oxygen atoms in total. The van der Waals surface area contributed by atoms with Gasteiger partial charge in [-0.15, -0.1) is 0 Å². The van der Waals surface area contributed by atoms with E-state index in [1.165, 1.54) is 0 Å². The first kappa shape index (κ1) is 12.6. The van der Waals surface area contributed by atoms with Crippen LogP contribution >= 0.6 is 0 Å². The van der Waals surface area contributed by atoms with E-state index in [9.17, 15) is 4.79 Å². The Bertz CT molecular complexity index is 486. The molecule has 0 bridgehead atoms. The predicted molar refractivity (Wildman–Crippen MR) is 59.9 cm³/mol. The summed E-state index contributed by atoms with van der Waals surface area (Å²) in [6.45, 7) is 0. The van der Waals surface area contributed by atoms with Crippen LogP contribution in [0, 0.1) is 0 Å². The van der Waals surface area contributed by atoms with Gasteiger partial charge >= 0.3 is 24.8 Å². The van der Waals surface area contributed by atoms with Crippen molar-refractivity contribution in [3.8, 4) is 11.1 Å². The monoisotopic (exact) mass is 206 g/mol. The molecule has 0 spiro atoms.